The number of aromatic nitrogens is 1. The molecule has 0 bridgehead atoms. The maximum atomic E-state index is 13.9. The molecule has 2 unspecified atom stereocenters. The lowest BCUT2D eigenvalue weighted by Crippen LogP contribution is -2.45. The van der Waals surface area contributed by atoms with Crippen molar-refractivity contribution in [3.63, 3.8) is 0 Å². The molecule has 2 saturated heterocycles. The number of aliphatic imine (C=N–C) groups is 1. The van der Waals surface area contributed by atoms with E-state index in [2.05, 4.69) is 20.6 Å². The van der Waals surface area contributed by atoms with Crippen LogP contribution in [0.2, 0.25) is 0 Å². The fraction of sp³-hybridized carbons (Fsp3) is 0.647. The van der Waals surface area contributed by atoms with Gasteiger partial charge in [-0.2, -0.15) is 11.8 Å². The van der Waals surface area contributed by atoms with Crippen LogP contribution in [0.4, 0.5) is 10.2 Å². The molecule has 1 aromatic heterocycles. The first kappa shape index (κ1) is 18.3. The SMILES string of the molecule is CCNC(=NCC1(O)CCSC1)NC1CCN(c2ncccc2F)C1. The summed E-state index contributed by atoms with van der Waals surface area (Å²) in [6, 6.07) is 3.22. The quantitative estimate of drug-likeness (QED) is 0.537. The molecule has 0 aromatic carbocycles. The van der Waals surface area contributed by atoms with Gasteiger partial charge >= 0.3 is 0 Å². The van der Waals surface area contributed by atoms with E-state index in [1.807, 2.05) is 11.8 Å². The summed E-state index contributed by atoms with van der Waals surface area (Å²) in [6.45, 7) is 4.61. The monoisotopic (exact) mass is 367 g/mol. The van der Waals surface area contributed by atoms with Crippen LogP contribution in [0.25, 0.3) is 0 Å². The standard InChI is InChI=1S/C17H26FN5OS/c1-2-19-16(21-11-17(24)6-9-25-12-17)22-13-5-8-23(10-13)15-14(18)4-3-7-20-15/h3-4,7,13,24H,2,5-6,8-12H2,1H3,(H2,19,21,22). The number of rotatable bonds is 5. The Morgan fingerprint density at radius 2 is 2.48 bits per heavy atom. The van der Waals surface area contributed by atoms with Gasteiger partial charge in [-0.15, -0.1) is 0 Å². The fourth-order valence-corrected chi connectivity index (χ4v) is 4.43. The molecule has 1 aromatic rings. The Bertz CT molecular complexity index is 608. The molecule has 0 aliphatic carbocycles. The Morgan fingerprint density at radius 1 is 1.60 bits per heavy atom. The zero-order valence-corrected chi connectivity index (χ0v) is 15.4. The number of nitrogens with one attached hydrogen (secondary N) is 2. The molecule has 138 valence electrons. The number of thioether (sulfide) groups is 1. The first-order valence-electron chi connectivity index (χ1n) is 8.80. The number of nitrogens with zero attached hydrogens (tertiary/aromatic N) is 3. The predicted molar refractivity (Wildman–Crippen MR) is 101 cm³/mol. The van der Waals surface area contributed by atoms with Crippen LogP contribution in [0.3, 0.4) is 0 Å². The molecule has 25 heavy (non-hydrogen) atoms. The average molecular weight is 367 g/mol. The van der Waals surface area contributed by atoms with Gasteiger partial charge < -0.3 is 20.6 Å². The first-order chi connectivity index (χ1) is 12.1. The van der Waals surface area contributed by atoms with E-state index in [1.165, 1.54) is 6.07 Å². The van der Waals surface area contributed by atoms with Gasteiger partial charge in [-0.1, -0.05) is 0 Å². The van der Waals surface area contributed by atoms with Crippen LogP contribution in [-0.2, 0) is 0 Å². The molecule has 3 heterocycles. The molecular formula is C17H26FN5OS. The van der Waals surface area contributed by atoms with Crippen molar-refractivity contribution in [2.75, 3.05) is 42.6 Å². The topological polar surface area (TPSA) is 72.8 Å². The second-order valence-electron chi connectivity index (χ2n) is 6.61. The van der Waals surface area contributed by atoms with E-state index in [4.69, 9.17) is 0 Å². The second-order valence-corrected chi connectivity index (χ2v) is 7.71. The summed E-state index contributed by atoms with van der Waals surface area (Å²) in [7, 11) is 0. The normalized spacial score (nSPS) is 26.9. The van der Waals surface area contributed by atoms with Crippen LogP contribution in [0, 0.1) is 5.82 Å². The van der Waals surface area contributed by atoms with Gasteiger partial charge in [-0.25, -0.2) is 9.37 Å². The fourth-order valence-electron chi connectivity index (χ4n) is 3.14. The van der Waals surface area contributed by atoms with Gasteiger partial charge in [-0.05, 0) is 37.7 Å². The summed E-state index contributed by atoms with van der Waals surface area (Å²) in [5, 5.41) is 17.1. The Morgan fingerprint density at radius 3 is 3.20 bits per heavy atom. The minimum absolute atomic E-state index is 0.173. The molecule has 0 spiro atoms. The van der Waals surface area contributed by atoms with Crippen LogP contribution in [0.1, 0.15) is 19.8 Å². The van der Waals surface area contributed by atoms with Crippen LogP contribution in [-0.4, -0.2) is 65.4 Å². The van der Waals surface area contributed by atoms with Crippen molar-refractivity contribution >= 4 is 23.5 Å². The third-order valence-corrected chi connectivity index (χ3v) is 5.76. The number of aliphatic hydroxyl groups is 1. The zero-order chi connectivity index (χ0) is 17.7. The van der Waals surface area contributed by atoms with E-state index >= 15 is 0 Å². The Balaban J connectivity index is 1.58. The van der Waals surface area contributed by atoms with Crippen molar-refractivity contribution in [2.45, 2.75) is 31.4 Å². The number of halogens is 1. The van der Waals surface area contributed by atoms with E-state index in [0.717, 1.165) is 37.4 Å². The van der Waals surface area contributed by atoms with Crippen molar-refractivity contribution in [3.8, 4) is 0 Å². The van der Waals surface area contributed by atoms with Crippen LogP contribution in [0.15, 0.2) is 23.3 Å². The minimum Gasteiger partial charge on any atom is -0.387 e. The highest BCUT2D eigenvalue weighted by molar-refractivity contribution is 7.99. The number of guanidine groups is 1. The van der Waals surface area contributed by atoms with Crippen LogP contribution >= 0.6 is 11.8 Å². The molecule has 0 radical (unpaired) electrons. The molecule has 3 rings (SSSR count). The molecule has 2 aliphatic rings. The average Bonchev–Trinajstić information content (AvgIpc) is 3.23. The Hall–Kier alpha value is -1.54. The molecule has 0 saturated carbocycles. The Kier molecular flexibility index (Phi) is 6.01. The summed E-state index contributed by atoms with van der Waals surface area (Å²) in [6.07, 6.45) is 3.29. The lowest BCUT2D eigenvalue weighted by Gasteiger charge is -2.22. The third-order valence-electron chi connectivity index (χ3n) is 4.53. The van der Waals surface area contributed by atoms with Gasteiger partial charge in [0.1, 0.15) is 0 Å². The van der Waals surface area contributed by atoms with Crippen molar-refractivity contribution in [1.82, 2.24) is 15.6 Å². The van der Waals surface area contributed by atoms with Crippen molar-refractivity contribution in [3.05, 3.63) is 24.1 Å². The highest BCUT2D eigenvalue weighted by atomic mass is 32.2. The third kappa shape index (κ3) is 4.76. The smallest absolute Gasteiger partial charge is 0.191 e. The lowest BCUT2D eigenvalue weighted by molar-refractivity contribution is 0.0778. The molecule has 8 heteroatoms. The maximum Gasteiger partial charge on any atom is 0.191 e. The summed E-state index contributed by atoms with van der Waals surface area (Å²) >= 11 is 1.77. The summed E-state index contributed by atoms with van der Waals surface area (Å²) in [5.41, 5.74) is -0.689. The zero-order valence-electron chi connectivity index (χ0n) is 14.5. The molecule has 0 amide bonds. The van der Waals surface area contributed by atoms with E-state index in [0.29, 0.717) is 24.9 Å². The van der Waals surface area contributed by atoms with Crippen molar-refractivity contribution in [1.29, 1.82) is 0 Å². The van der Waals surface area contributed by atoms with E-state index < -0.39 is 5.60 Å². The molecule has 3 N–H and O–H groups in total. The first-order valence-corrected chi connectivity index (χ1v) is 9.95. The van der Waals surface area contributed by atoms with Crippen molar-refractivity contribution < 1.29 is 9.50 Å². The molecule has 2 fully saturated rings. The molecular weight excluding hydrogens is 341 g/mol. The highest BCUT2D eigenvalue weighted by Crippen LogP contribution is 2.28. The molecule has 2 atom stereocenters. The predicted octanol–water partition coefficient (Wildman–Crippen LogP) is 1.22. The van der Waals surface area contributed by atoms with Gasteiger partial charge in [0.05, 0.1) is 12.1 Å². The van der Waals surface area contributed by atoms with E-state index in [9.17, 15) is 9.50 Å². The van der Waals surface area contributed by atoms with Crippen molar-refractivity contribution in [2.24, 2.45) is 4.99 Å². The maximum absolute atomic E-state index is 13.9. The largest absolute Gasteiger partial charge is 0.387 e. The lowest BCUT2D eigenvalue weighted by atomic mass is 10.1. The number of anilines is 1. The van der Waals surface area contributed by atoms with Crippen LogP contribution in [0.5, 0.6) is 0 Å². The highest BCUT2D eigenvalue weighted by Gasteiger charge is 2.32. The molecule has 6 nitrogen and oxygen atoms in total. The van der Waals surface area contributed by atoms with Gasteiger partial charge in [0.25, 0.3) is 0 Å². The number of hydrogen-bond donors (Lipinski definition) is 3. The van der Waals surface area contributed by atoms with Gasteiger partial charge in [-0.3, -0.25) is 4.99 Å². The van der Waals surface area contributed by atoms with Gasteiger partial charge in [0.15, 0.2) is 17.6 Å². The number of pyridine rings is 1. The summed E-state index contributed by atoms with van der Waals surface area (Å²) in [4.78, 5) is 10.7. The summed E-state index contributed by atoms with van der Waals surface area (Å²) in [5.74, 6) is 2.56. The number of hydrogen-bond acceptors (Lipinski definition) is 5. The minimum atomic E-state index is -0.689. The van der Waals surface area contributed by atoms with Gasteiger partial charge in [0.2, 0.25) is 0 Å². The Labute approximate surface area is 152 Å². The van der Waals surface area contributed by atoms with E-state index in [-0.39, 0.29) is 11.9 Å². The van der Waals surface area contributed by atoms with Gasteiger partial charge in [0, 0.05) is 37.6 Å². The van der Waals surface area contributed by atoms with Crippen LogP contribution < -0.4 is 15.5 Å². The van der Waals surface area contributed by atoms with E-state index in [1.54, 1.807) is 24.0 Å². The second kappa shape index (κ2) is 8.23. The summed E-state index contributed by atoms with van der Waals surface area (Å²) < 4.78 is 13.9. The molecule has 2 aliphatic heterocycles.